The van der Waals surface area contributed by atoms with Gasteiger partial charge in [0.25, 0.3) is 10.1 Å². The largest absolute Gasteiger partial charge is 0.505 e. The van der Waals surface area contributed by atoms with Gasteiger partial charge in [0.15, 0.2) is 21.7 Å². The first-order chi connectivity index (χ1) is 26.8. The lowest BCUT2D eigenvalue weighted by atomic mass is 10.1. The van der Waals surface area contributed by atoms with Crippen LogP contribution in [0.25, 0.3) is 10.8 Å². The number of nitrogens with zero attached hydrogens (tertiary/aromatic N) is 5. The second-order valence-electron chi connectivity index (χ2n) is 11.1. The second-order valence-corrected chi connectivity index (χ2v) is 17.2. The molecule has 0 amide bonds. The molecule has 4 aromatic carbocycles. The van der Waals surface area contributed by atoms with Crippen molar-refractivity contribution in [2.45, 2.75) is 19.6 Å². The highest BCUT2D eigenvalue weighted by molar-refractivity contribution is 8.04. The van der Waals surface area contributed by atoms with Crippen molar-refractivity contribution < 1.29 is 78.3 Å². The molecule has 0 bridgehead atoms. The van der Waals surface area contributed by atoms with Crippen LogP contribution in [0.4, 0.5) is 28.4 Å². The maximum absolute atomic E-state index is 12.8. The number of sulfone groups is 1. The minimum atomic E-state index is -5.03. The van der Waals surface area contributed by atoms with Gasteiger partial charge in [0, 0.05) is 34.7 Å². The zero-order chi connectivity index (χ0) is 42.1. The first kappa shape index (κ1) is 47.5. The topological polar surface area (TPSA) is 349 Å². The number of ether oxygens (including phenoxy) is 2. The molecule has 58 heavy (non-hydrogen) atoms. The Labute approximate surface area is 338 Å². The molecule has 0 aliphatic rings. The molecule has 0 radical (unpaired) electrons. The minimum Gasteiger partial charge on any atom is -0.505 e. The van der Waals surface area contributed by atoms with E-state index >= 15 is 0 Å². The molecular weight excluding hydrogens is 877 g/mol. The predicted octanol–water partition coefficient (Wildman–Crippen LogP) is 4.92. The number of phenols is 1. The molecule has 314 valence electrons. The molecular formula is C30H32N6O17S5. The number of phenolic OH excluding ortho intramolecular Hbond substituents is 1. The highest BCUT2D eigenvalue weighted by Gasteiger charge is 2.23. The van der Waals surface area contributed by atoms with E-state index in [1.165, 1.54) is 44.6 Å². The predicted molar refractivity (Wildman–Crippen MR) is 206 cm³/mol. The summed E-state index contributed by atoms with van der Waals surface area (Å²) in [6, 6.07) is 9.80. The summed E-state index contributed by atoms with van der Waals surface area (Å²) in [5.74, 6) is -0.571. The van der Waals surface area contributed by atoms with Crippen molar-refractivity contribution in [1.82, 2.24) is 4.90 Å². The average molecular weight is 909 g/mol. The van der Waals surface area contributed by atoms with Gasteiger partial charge in [-0.2, -0.15) is 16.8 Å². The van der Waals surface area contributed by atoms with E-state index in [2.05, 4.69) is 44.3 Å². The molecule has 0 saturated heterocycles. The fraction of sp³-hybridized carbons (Fsp3) is 0.200. The van der Waals surface area contributed by atoms with Crippen LogP contribution in [0.3, 0.4) is 0 Å². The average Bonchev–Trinajstić information content (AvgIpc) is 3.14. The van der Waals surface area contributed by atoms with E-state index in [1.54, 1.807) is 19.0 Å². The second kappa shape index (κ2) is 20.2. The first-order valence-corrected chi connectivity index (χ1v) is 21.1. The van der Waals surface area contributed by atoms with E-state index in [0.717, 1.165) is 30.0 Å². The van der Waals surface area contributed by atoms with Crippen LogP contribution >= 0.6 is 23.8 Å². The lowest BCUT2D eigenvalue weighted by Gasteiger charge is -2.13. The summed E-state index contributed by atoms with van der Waals surface area (Å²) in [4.78, 5) is 4.76. The van der Waals surface area contributed by atoms with Gasteiger partial charge in [0.1, 0.15) is 39.1 Å². The maximum Gasteiger partial charge on any atom is 0.433 e. The third-order valence-corrected chi connectivity index (χ3v) is 11.3. The molecule has 4 rings (SSSR count). The van der Waals surface area contributed by atoms with Crippen LogP contribution < -0.4 is 15.2 Å². The van der Waals surface area contributed by atoms with E-state index in [0.29, 0.717) is 16.9 Å². The quantitative estimate of drug-likeness (QED) is 0.0137. The van der Waals surface area contributed by atoms with Gasteiger partial charge in [-0.25, -0.2) is 13.7 Å². The number of nitrogen functional groups attached to an aromatic ring is 1. The Morgan fingerprint density at radius 2 is 1.50 bits per heavy atom. The van der Waals surface area contributed by atoms with E-state index in [9.17, 15) is 34.9 Å². The van der Waals surface area contributed by atoms with Crippen LogP contribution in [0.2, 0.25) is 0 Å². The monoisotopic (exact) mass is 908 g/mol. The number of anilines is 1. The molecule has 0 atom stereocenters. The molecule has 0 heterocycles. The zero-order valence-electron chi connectivity index (χ0n) is 30.1. The van der Waals surface area contributed by atoms with Crippen LogP contribution in [0.5, 0.6) is 17.2 Å². The molecule has 0 fully saturated rings. The first-order valence-electron chi connectivity index (χ1n) is 15.1. The van der Waals surface area contributed by atoms with Crippen molar-refractivity contribution in [3.8, 4) is 28.6 Å². The van der Waals surface area contributed by atoms with Crippen molar-refractivity contribution in [3.05, 3.63) is 48.5 Å². The Kier molecular flexibility index (Phi) is 16.5. The Hall–Kier alpha value is -4.87. The molecule has 0 aliphatic heterocycles. The number of aromatic hydroxyl groups is 1. The van der Waals surface area contributed by atoms with Crippen LogP contribution in [-0.2, 0) is 48.9 Å². The summed E-state index contributed by atoms with van der Waals surface area (Å²) in [6.45, 7) is 0.142. The summed E-state index contributed by atoms with van der Waals surface area (Å²) in [6.07, 6.45) is 1.90. The number of rotatable bonds is 17. The van der Waals surface area contributed by atoms with E-state index < -0.39 is 46.7 Å². The summed E-state index contributed by atoms with van der Waals surface area (Å²) >= 11 is 1.16. The van der Waals surface area contributed by atoms with Gasteiger partial charge in [-0.3, -0.25) is 14.0 Å². The van der Waals surface area contributed by atoms with Crippen LogP contribution in [0.1, 0.15) is 0 Å². The van der Waals surface area contributed by atoms with E-state index in [1.807, 2.05) is 6.11 Å². The molecule has 23 nitrogen and oxygen atoms in total. The molecule has 28 heteroatoms. The fourth-order valence-corrected chi connectivity index (χ4v) is 7.85. The third-order valence-electron chi connectivity index (χ3n) is 7.11. The lowest BCUT2D eigenvalue weighted by molar-refractivity contribution is -0.432. The van der Waals surface area contributed by atoms with Crippen molar-refractivity contribution in [2.24, 2.45) is 20.5 Å². The number of nitrogens with two attached hydrogens (primary N) is 1. The van der Waals surface area contributed by atoms with Crippen LogP contribution in [0.15, 0.2) is 88.6 Å². The summed E-state index contributed by atoms with van der Waals surface area (Å²) in [5.41, 5.74) is 5.44. The molecule has 0 spiro atoms. The zero-order valence-corrected chi connectivity index (χ0v) is 34.2. The standard InChI is InChI=1S/C30H30N6O16S5.H2O/c1-36(2)9-12-55(39,40)17-5-8-21(27(13-17)56(41,42)43)32-34-28-19-14-26(54-51-50-38)29(30(37)18(19)6-7-20(28)31)35-33-22-15-24(48-4)25(16-23(22)47-3)53-11-10-49-52-57(44,45)46;/h5-8,13-16,37-38H,9,12,31H2,1-4H3,(H,41,42,43)(H,44,45,46);1H2. The molecule has 0 aliphatic carbocycles. The number of methoxy groups -OCH3 is 2. The Bertz CT molecular complexity index is 2620. The summed E-state index contributed by atoms with van der Waals surface area (Å²) in [5, 5.41) is 42.9. The van der Waals surface area contributed by atoms with Crippen molar-refractivity contribution in [3.63, 3.8) is 0 Å². The molecule has 4 aromatic rings. The number of fused-ring (bicyclic) bond motifs is 1. The van der Waals surface area contributed by atoms with Gasteiger partial charge in [-0.15, -0.1) is 24.8 Å². The van der Waals surface area contributed by atoms with Crippen molar-refractivity contribution >= 4 is 93.4 Å². The number of benzene rings is 4. The SMILES string of the molecule is COc1cc(SC#COOS(=O)(=O)O)c(OC)cc1N=Nc1c(SOOO)cc2c(N=Nc3ccc(S(=O)(=O)CCN(C)C)cc3S(=O)(=O)O)c(N)ccc2c1O.O. The Morgan fingerprint density at radius 3 is 2.12 bits per heavy atom. The smallest absolute Gasteiger partial charge is 0.433 e. The maximum atomic E-state index is 12.8. The minimum absolute atomic E-state index is 0. The van der Waals surface area contributed by atoms with Gasteiger partial charge in [0.2, 0.25) is 0 Å². The van der Waals surface area contributed by atoms with Crippen LogP contribution in [-0.4, -0.2) is 95.7 Å². The molecule has 0 saturated carbocycles. The van der Waals surface area contributed by atoms with Gasteiger partial charge in [-0.1, -0.05) is 5.04 Å². The van der Waals surface area contributed by atoms with Gasteiger partial charge in [0.05, 0.1) is 52.4 Å². The number of hydrogen-bond acceptors (Lipinski definition) is 22. The van der Waals surface area contributed by atoms with Gasteiger partial charge < -0.3 is 30.7 Å². The summed E-state index contributed by atoms with van der Waals surface area (Å²) in [7, 11) is -7.92. The van der Waals surface area contributed by atoms with Crippen LogP contribution in [0, 0.1) is 11.4 Å². The number of thioether (sulfide) groups is 1. The lowest BCUT2D eigenvalue weighted by Crippen LogP contribution is -2.22. The van der Waals surface area contributed by atoms with E-state index in [4.69, 9.17) is 25.0 Å². The van der Waals surface area contributed by atoms with Gasteiger partial charge in [-0.05, 0) is 66.6 Å². The summed E-state index contributed by atoms with van der Waals surface area (Å²) < 4.78 is 109. The fourth-order valence-electron chi connectivity index (χ4n) is 4.51. The molecule has 8 N–H and O–H groups in total. The van der Waals surface area contributed by atoms with Gasteiger partial charge >= 0.3 is 10.4 Å². The Balaban J connectivity index is 0.00000900. The third kappa shape index (κ3) is 12.3. The highest BCUT2D eigenvalue weighted by Crippen LogP contribution is 2.49. The normalized spacial score (nSPS) is 12.1. The van der Waals surface area contributed by atoms with E-state index in [-0.39, 0.29) is 72.6 Å². The Morgan fingerprint density at radius 1 is 0.828 bits per heavy atom. The molecule has 0 aromatic heterocycles. The van der Waals surface area contributed by atoms with Crippen molar-refractivity contribution in [2.75, 3.05) is 46.3 Å². The number of azo groups is 2. The molecule has 0 unspecified atom stereocenters. The van der Waals surface area contributed by atoms with Crippen molar-refractivity contribution in [1.29, 1.82) is 0 Å². The number of hydrogen-bond donors (Lipinski definition) is 5. The highest BCUT2D eigenvalue weighted by atomic mass is 32.3.